The van der Waals surface area contributed by atoms with Gasteiger partial charge in [-0.2, -0.15) is 0 Å². The van der Waals surface area contributed by atoms with Crippen molar-refractivity contribution in [1.82, 2.24) is 10.6 Å². The van der Waals surface area contributed by atoms with Gasteiger partial charge in [0.1, 0.15) is 5.25 Å². The van der Waals surface area contributed by atoms with Crippen LogP contribution in [-0.4, -0.2) is 66.9 Å². The summed E-state index contributed by atoms with van der Waals surface area (Å²) in [5.74, 6) is -1.10. The maximum atomic E-state index is 13.5. The summed E-state index contributed by atoms with van der Waals surface area (Å²) >= 11 is 1.38. The van der Waals surface area contributed by atoms with E-state index in [0.717, 1.165) is 23.4 Å². The highest BCUT2D eigenvalue weighted by atomic mass is 32.2. The number of unbranched alkanes of at least 4 members (excludes halogenated alkanes) is 1. The van der Waals surface area contributed by atoms with E-state index in [1.807, 2.05) is 45.0 Å². The number of rotatable bonds is 14. The molecule has 206 valence electrons. The number of amides is 3. The molecule has 1 aliphatic rings. The summed E-state index contributed by atoms with van der Waals surface area (Å²) in [6.07, 6.45) is 2.09. The zero-order chi connectivity index (χ0) is 27.6. The molecular formula is C27H41N3O6S. The minimum atomic E-state index is -0.956. The summed E-state index contributed by atoms with van der Waals surface area (Å²) in [7, 11) is 1.33. The molecule has 0 radical (unpaired) electrons. The Morgan fingerprint density at radius 3 is 2.65 bits per heavy atom. The third-order valence-electron chi connectivity index (χ3n) is 6.56. The van der Waals surface area contributed by atoms with Gasteiger partial charge >= 0.3 is 5.97 Å². The number of methoxy groups -OCH3 is 1. The number of aliphatic hydroxyl groups is 1. The van der Waals surface area contributed by atoms with Crippen LogP contribution in [0.25, 0.3) is 0 Å². The van der Waals surface area contributed by atoms with Crippen molar-refractivity contribution in [2.75, 3.05) is 25.1 Å². The molecule has 0 fully saturated rings. The first-order valence-corrected chi connectivity index (χ1v) is 13.7. The highest BCUT2D eigenvalue weighted by molar-refractivity contribution is 8.00. The van der Waals surface area contributed by atoms with Crippen LogP contribution >= 0.6 is 11.8 Å². The van der Waals surface area contributed by atoms with Gasteiger partial charge < -0.3 is 25.4 Å². The number of nitrogens with zero attached hydrogens (tertiary/aromatic N) is 1. The third kappa shape index (κ3) is 9.03. The van der Waals surface area contributed by atoms with E-state index in [1.54, 1.807) is 11.8 Å². The summed E-state index contributed by atoms with van der Waals surface area (Å²) in [5.41, 5.74) is 0.157. The first-order valence-electron chi connectivity index (χ1n) is 12.8. The number of esters is 1. The number of hydrogen-bond acceptors (Lipinski definition) is 7. The predicted molar refractivity (Wildman–Crippen MR) is 144 cm³/mol. The van der Waals surface area contributed by atoms with Gasteiger partial charge in [-0.1, -0.05) is 46.2 Å². The van der Waals surface area contributed by atoms with Gasteiger partial charge in [0.15, 0.2) is 0 Å². The van der Waals surface area contributed by atoms with Gasteiger partial charge in [-0.05, 0) is 36.8 Å². The van der Waals surface area contributed by atoms with Gasteiger partial charge in [-0.25, -0.2) is 0 Å². The van der Waals surface area contributed by atoms with Crippen LogP contribution in [-0.2, 0) is 23.9 Å². The minimum absolute atomic E-state index is 0.131. The molecule has 1 aromatic rings. The highest BCUT2D eigenvalue weighted by Crippen LogP contribution is 2.40. The molecular weight excluding hydrogens is 494 g/mol. The van der Waals surface area contributed by atoms with Crippen molar-refractivity contribution in [3.8, 4) is 0 Å². The SMILES string of the molecule is CCCCNC(=O)[C@H](C)C[C@H](O)[C@H](CC(C)(C)CC(=O)N1C[C@H](C(=O)OC)Sc2ccccc21)NC=O. The average molecular weight is 536 g/mol. The molecule has 1 aromatic carbocycles. The molecule has 0 saturated heterocycles. The Labute approximate surface area is 224 Å². The van der Waals surface area contributed by atoms with Crippen molar-refractivity contribution in [3.63, 3.8) is 0 Å². The second-order valence-electron chi connectivity index (χ2n) is 10.4. The first kappa shape index (κ1) is 30.6. The molecule has 9 nitrogen and oxygen atoms in total. The van der Waals surface area contributed by atoms with Gasteiger partial charge in [0.2, 0.25) is 18.2 Å². The van der Waals surface area contributed by atoms with Crippen LogP contribution in [0.3, 0.4) is 0 Å². The number of anilines is 1. The van der Waals surface area contributed by atoms with E-state index in [4.69, 9.17) is 4.74 Å². The van der Waals surface area contributed by atoms with E-state index in [9.17, 15) is 24.3 Å². The van der Waals surface area contributed by atoms with Crippen molar-refractivity contribution >= 4 is 41.6 Å². The summed E-state index contributed by atoms with van der Waals surface area (Å²) in [5, 5.41) is 15.9. The van der Waals surface area contributed by atoms with Gasteiger partial charge in [-0.3, -0.25) is 19.2 Å². The highest BCUT2D eigenvalue weighted by Gasteiger charge is 2.37. The molecule has 0 spiro atoms. The van der Waals surface area contributed by atoms with E-state index in [1.165, 1.54) is 18.9 Å². The molecule has 3 N–H and O–H groups in total. The van der Waals surface area contributed by atoms with Gasteiger partial charge in [0.25, 0.3) is 0 Å². The Morgan fingerprint density at radius 2 is 2.00 bits per heavy atom. The molecule has 2 rings (SSSR count). The number of thioether (sulfide) groups is 1. The standard InChI is InChI=1S/C27H41N3O6S/c1-6-7-12-28-25(34)18(2)13-21(32)19(29-17-31)14-27(3,4)15-24(33)30-16-23(26(35)36-5)37-22-11-9-8-10-20(22)30/h8-11,17-19,21,23,32H,6-7,12-16H2,1-5H3,(H,28,34)(H,29,31)/t18-,19+,21+,23-/m1/s1. The Kier molecular flexibility index (Phi) is 11.9. The van der Waals surface area contributed by atoms with Crippen molar-refractivity contribution < 1.29 is 29.0 Å². The molecule has 0 aromatic heterocycles. The van der Waals surface area contributed by atoms with Crippen LogP contribution in [0.5, 0.6) is 0 Å². The Bertz CT molecular complexity index is 940. The summed E-state index contributed by atoms with van der Waals surface area (Å²) in [6.45, 7) is 8.39. The molecule has 1 heterocycles. The molecule has 1 aliphatic heterocycles. The molecule has 0 unspecified atom stereocenters. The number of carbonyl (C=O) groups excluding carboxylic acids is 4. The van der Waals surface area contributed by atoms with Crippen LogP contribution < -0.4 is 15.5 Å². The summed E-state index contributed by atoms with van der Waals surface area (Å²) in [6, 6.07) is 6.82. The largest absolute Gasteiger partial charge is 0.468 e. The van der Waals surface area contributed by atoms with Gasteiger partial charge in [-0.15, -0.1) is 11.8 Å². The van der Waals surface area contributed by atoms with Gasteiger partial charge in [0, 0.05) is 30.3 Å². The fraction of sp³-hybridized carbons (Fsp3) is 0.630. The summed E-state index contributed by atoms with van der Waals surface area (Å²) < 4.78 is 4.92. The van der Waals surface area contributed by atoms with Crippen molar-refractivity contribution in [1.29, 1.82) is 0 Å². The number of aliphatic hydroxyl groups excluding tert-OH is 1. The lowest BCUT2D eigenvalue weighted by Gasteiger charge is -2.37. The van der Waals surface area contributed by atoms with Gasteiger partial charge in [0.05, 0.1) is 24.9 Å². The maximum absolute atomic E-state index is 13.5. The van der Waals surface area contributed by atoms with E-state index in [0.29, 0.717) is 19.4 Å². The van der Waals surface area contributed by atoms with E-state index in [-0.39, 0.29) is 37.2 Å². The Balaban J connectivity index is 2.08. The Hall–Kier alpha value is -2.59. The molecule has 4 atom stereocenters. The molecule has 0 aliphatic carbocycles. The van der Waals surface area contributed by atoms with Crippen molar-refractivity contribution in [2.24, 2.45) is 11.3 Å². The fourth-order valence-corrected chi connectivity index (χ4v) is 5.67. The molecule has 10 heteroatoms. The first-order chi connectivity index (χ1) is 17.5. The second kappa shape index (κ2) is 14.4. The van der Waals surface area contributed by atoms with Crippen LogP contribution in [0.2, 0.25) is 0 Å². The molecule has 0 bridgehead atoms. The number of hydrogen-bond donors (Lipinski definition) is 3. The lowest BCUT2D eigenvalue weighted by molar-refractivity contribution is -0.139. The maximum Gasteiger partial charge on any atom is 0.321 e. The van der Waals surface area contributed by atoms with Crippen LogP contribution in [0, 0.1) is 11.3 Å². The quantitative estimate of drug-likeness (QED) is 0.190. The van der Waals surface area contributed by atoms with E-state index in [2.05, 4.69) is 10.6 Å². The number of nitrogens with one attached hydrogen (secondary N) is 2. The van der Waals surface area contributed by atoms with Crippen molar-refractivity contribution in [2.45, 2.75) is 82.1 Å². The van der Waals surface area contributed by atoms with E-state index >= 15 is 0 Å². The normalized spacial score (nSPS) is 17.7. The lowest BCUT2D eigenvalue weighted by Crippen LogP contribution is -2.47. The number of para-hydroxylation sites is 1. The summed E-state index contributed by atoms with van der Waals surface area (Å²) in [4.78, 5) is 51.9. The molecule has 0 saturated carbocycles. The number of carbonyl (C=O) groups is 4. The van der Waals surface area contributed by atoms with Crippen molar-refractivity contribution in [3.05, 3.63) is 24.3 Å². The number of benzene rings is 1. The smallest absolute Gasteiger partial charge is 0.321 e. The van der Waals surface area contributed by atoms with Crippen LogP contribution in [0.4, 0.5) is 5.69 Å². The molecule has 3 amide bonds. The Morgan fingerprint density at radius 1 is 1.30 bits per heavy atom. The zero-order valence-electron chi connectivity index (χ0n) is 22.5. The zero-order valence-corrected chi connectivity index (χ0v) is 23.3. The van der Waals surface area contributed by atoms with E-state index < -0.39 is 28.7 Å². The third-order valence-corrected chi connectivity index (χ3v) is 7.79. The van der Waals surface area contributed by atoms with Crippen LogP contribution in [0.1, 0.15) is 59.8 Å². The number of ether oxygens (including phenoxy) is 1. The monoisotopic (exact) mass is 535 g/mol. The lowest BCUT2D eigenvalue weighted by atomic mass is 9.79. The predicted octanol–water partition coefficient (Wildman–Crippen LogP) is 2.89. The average Bonchev–Trinajstić information content (AvgIpc) is 2.86. The topological polar surface area (TPSA) is 125 Å². The number of fused-ring (bicyclic) bond motifs is 1. The fourth-order valence-electron chi connectivity index (χ4n) is 4.49. The molecule has 37 heavy (non-hydrogen) atoms. The van der Waals surface area contributed by atoms with Crippen LogP contribution in [0.15, 0.2) is 29.2 Å². The second-order valence-corrected chi connectivity index (χ2v) is 11.6. The minimum Gasteiger partial charge on any atom is -0.468 e.